The second-order valence-corrected chi connectivity index (χ2v) is 11.3. The summed E-state index contributed by atoms with van der Waals surface area (Å²) < 4.78 is 23.0. The molecule has 9 heteroatoms. The quantitative estimate of drug-likeness (QED) is 0.228. The summed E-state index contributed by atoms with van der Waals surface area (Å²) in [6.07, 6.45) is 5.04. The van der Waals surface area contributed by atoms with E-state index < -0.39 is 11.4 Å². The van der Waals surface area contributed by atoms with Crippen LogP contribution in [0.15, 0.2) is 54.7 Å². The largest absolute Gasteiger partial charge is 0.487 e. The fourth-order valence-corrected chi connectivity index (χ4v) is 5.77. The molecule has 0 saturated carbocycles. The molecule has 5 rings (SSSR count). The number of aromatic nitrogens is 4. The standard InChI is InChI=1S/C32H40FN5O3/c1-4-32(5-2,31(39)40)19-30-34-28-11-10-27(41-22-25-14-15-36(3)35-25)18-29(28)38(30)21-24-6-8-26(9-7-24)37-16-12-23(20-33)13-17-37/h6-11,14-15,18,23H,4-5,12-13,16-17,19-22H2,1-3H3,(H,39,40). The molecular weight excluding hydrogens is 521 g/mol. The molecule has 0 unspecified atom stereocenters. The number of aryl methyl sites for hydroxylation is 1. The fraction of sp³-hybridized carbons (Fsp3) is 0.469. The summed E-state index contributed by atoms with van der Waals surface area (Å²) in [6.45, 7) is 6.29. The van der Waals surface area contributed by atoms with E-state index in [1.54, 1.807) is 4.68 Å². The maximum absolute atomic E-state index is 13.1. The van der Waals surface area contributed by atoms with Crippen molar-refractivity contribution in [2.75, 3.05) is 24.7 Å². The number of carboxylic acid groups (broad SMARTS) is 1. The van der Waals surface area contributed by atoms with Crippen molar-refractivity contribution >= 4 is 22.7 Å². The summed E-state index contributed by atoms with van der Waals surface area (Å²) >= 11 is 0. The molecule has 0 bridgehead atoms. The number of imidazole rings is 1. The third-order valence-electron chi connectivity index (χ3n) is 8.73. The van der Waals surface area contributed by atoms with Crippen molar-refractivity contribution in [2.24, 2.45) is 18.4 Å². The number of anilines is 1. The van der Waals surface area contributed by atoms with Gasteiger partial charge in [0.05, 0.1) is 28.8 Å². The first-order chi connectivity index (χ1) is 19.8. The first-order valence-corrected chi connectivity index (χ1v) is 14.6. The van der Waals surface area contributed by atoms with E-state index in [1.165, 1.54) is 0 Å². The molecular formula is C32H40FN5O3. The van der Waals surface area contributed by atoms with E-state index in [2.05, 4.69) is 38.8 Å². The average Bonchev–Trinajstić information content (AvgIpc) is 3.57. The van der Waals surface area contributed by atoms with E-state index in [9.17, 15) is 14.3 Å². The molecule has 2 aromatic heterocycles. The number of alkyl halides is 1. The number of piperidine rings is 1. The molecule has 0 spiro atoms. The third kappa shape index (κ3) is 6.24. The van der Waals surface area contributed by atoms with Gasteiger partial charge in [-0.25, -0.2) is 4.98 Å². The Balaban J connectivity index is 1.44. The van der Waals surface area contributed by atoms with Gasteiger partial charge in [0, 0.05) is 51.1 Å². The van der Waals surface area contributed by atoms with E-state index in [0.717, 1.165) is 59.7 Å². The number of ether oxygens (including phenoxy) is 1. The van der Waals surface area contributed by atoms with Crippen molar-refractivity contribution in [3.63, 3.8) is 0 Å². The van der Waals surface area contributed by atoms with Gasteiger partial charge >= 0.3 is 5.97 Å². The van der Waals surface area contributed by atoms with E-state index in [4.69, 9.17) is 9.72 Å². The molecule has 1 saturated heterocycles. The Bertz CT molecular complexity index is 1470. The number of carbonyl (C=O) groups is 1. The van der Waals surface area contributed by atoms with Gasteiger partial charge in [-0.1, -0.05) is 26.0 Å². The maximum Gasteiger partial charge on any atom is 0.310 e. The van der Waals surface area contributed by atoms with Crippen LogP contribution in [0.2, 0.25) is 0 Å². The SMILES string of the molecule is CCC(CC)(Cc1nc2ccc(OCc3ccn(C)n3)cc2n1Cc1ccc(N2CCC(CF)CC2)cc1)C(=O)O. The minimum Gasteiger partial charge on any atom is -0.487 e. The summed E-state index contributed by atoms with van der Waals surface area (Å²) in [6, 6.07) is 16.3. The Labute approximate surface area is 240 Å². The molecule has 1 aliphatic rings. The van der Waals surface area contributed by atoms with Gasteiger partial charge < -0.3 is 19.3 Å². The van der Waals surface area contributed by atoms with Crippen molar-refractivity contribution in [3.05, 3.63) is 71.8 Å². The highest BCUT2D eigenvalue weighted by molar-refractivity contribution is 5.79. The number of benzene rings is 2. The average molecular weight is 562 g/mol. The summed E-state index contributed by atoms with van der Waals surface area (Å²) in [5.41, 5.74) is 3.92. The molecule has 0 aliphatic carbocycles. The van der Waals surface area contributed by atoms with Crippen LogP contribution in [0.5, 0.6) is 5.75 Å². The van der Waals surface area contributed by atoms with Gasteiger partial charge in [-0.3, -0.25) is 13.9 Å². The van der Waals surface area contributed by atoms with Gasteiger partial charge in [0.15, 0.2) is 0 Å². The van der Waals surface area contributed by atoms with Crippen molar-refractivity contribution in [2.45, 2.75) is 59.1 Å². The Morgan fingerprint density at radius 1 is 1.10 bits per heavy atom. The van der Waals surface area contributed by atoms with Crippen LogP contribution in [0, 0.1) is 11.3 Å². The summed E-state index contributed by atoms with van der Waals surface area (Å²) in [4.78, 5) is 19.6. The lowest BCUT2D eigenvalue weighted by atomic mass is 9.79. The maximum atomic E-state index is 13.1. The van der Waals surface area contributed by atoms with E-state index >= 15 is 0 Å². The van der Waals surface area contributed by atoms with Crippen molar-refractivity contribution in [1.82, 2.24) is 19.3 Å². The topological polar surface area (TPSA) is 85.4 Å². The first kappa shape index (κ1) is 28.6. The van der Waals surface area contributed by atoms with Crippen LogP contribution in [-0.2, 0) is 31.4 Å². The lowest BCUT2D eigenvalue weighted by Crippen LogP contribution is -2.34. The lowest BCUT2D eigenvalue weighted by molar-refractivity contribution is -0.149. The van der Waals surface area contributed by atoms with Crippen LogP contribution < -0.4 is 9.64 Å². The van der Waals surface area contributed by atoms with Crippen molar-refractivity contribution < 1.29 is 19.0 Å². The molecule has 0 amide bonds. The molecule has 0 radical (unpaired) electrons. The molecule has 2 aromatic carbocycles. The van der Waals surface area contributed by atoms with Gasteiger partial charge in [-0.2, -0.15) is 5.10 Å². The van der Waals surface area contributed by atoms with E-state index in [0.29, 0.717) is 38.2 Å². The number of aliphatic carboxylic acids is 1. The fourth-order valence-electron chi connectivity index (χ4n) is 5.77. The van der Waals surface area contributed by atoms with Crippen molar-refractivity contribution in [1.29, 1.82) is 0 Å². The zero-order valence-electron chi connectivity index (χ0n) is 24.2. The minimum absolute atomic E-state index is 0.181. The van der Waals surface area contributed by atoms with Crippen LogP contribution in [0.4, 0.5) is 10.1 Å². The number of hydrogen-bond acceptors (Lipinski definition) is 5. The number of hydrogen-bond donors (Lipinski definition) is 1. The Morgan fingerprint density at radius 3 is 2.44 bits per heavy atom. The number of rotatable bonds is 12. The Kier molecular flexibility index (Phi) is 8.61. The van der Waals surface area contributed by atoms with E-state index in [-0.39, 0.29) is 12.6 Å². The number of halogens is 1. The molecule has 4 aromatic rings. The van der Waals surface area contributed by atoms with Crippen LogP contribution >= 0.6 is 0 Å². The Morgan fingerprint density at radius 2 is 1.83 bits per heavy atom. The lowest BCUT2D eigenvalue weighted by Gasteiger charge is -2.32. The summed E-state index contributed by atoms with van der Waals surface area (Å²) in [5.74, 6) is 0.852. The molecule has 1 N–H and O–H groups in total. The van der Waals surface area contributed by atoms with Crippen molar-refractivity contribution in [3.8, 4) is 5.75 Å². The van der Waals surface area contributed by atoms with Gasteiger partial charge in [-0.15, -0.1) is 0 Å². The zero-order chi connectivity index (χ0) is 29.0. The highest BCUT2D eigenvalue weighted by atomic mass is 19.1. The third-order valence-corrected chi connectivity index (χ3v) is 8.73. The molecule has 3 heterocycles. The first-order valence-electron chi connectivity index (χ1n) is 14.6. The number of fused-ring (bicyclic) bond motifs is 1. The molecule has 41 heavy (non-hydrogen) atoms. The number of nitrogens with zero attached hydrogens (tertiary/aromatic N) is 5. The van der Waals surface area contributed by atoms with Crippen LogP contribution in [0.25, 0.3) is 11.0 Å². The predicted molar refractivity (Wildman–Crippen MR) is 158 cm³/mol. The normalized spacial score (nSPS) is 14.6. The molecule has 1 aliphatic heterocycles. The van der Waals surface area contributed by atoms with E-state index in [1.807, 2.05) is 51.4 Å². The van der Waals surface area contributed by atoms with Crippen LogP contribution in [0.3, 0.4) is 0 Å². The van der Waals surface area contributed by atoms with Gasteiger partial charge in [0.25, 0.3) is 0 Å². The zero-order valence-corrected chi connectivity index (χ0v) is 24.2. The predicted octanol–water partition coefficient (Wildman–Crippen LogP) is 6.02. The molecule has 218 valence electrons. The molecule has 1 fully saturated rings. The van der Waals surface area contributed by atoms with Gasteiger partial charge in [0.1, 0.15) is 18.2 Å². The second-order valence-electron chi connectivity index (χ2n) is 11.3. The summed E-state index contributed by atoms with van der Waals surface area (Å²) in [5, 5.41) is 14.5. The van der Waals surface area contributed by atoms with Crippen LogP contribution in [0.1, 0.15) is 56.6 Å². The Hall–Kier alpha value is -3.88. The second kappa shape index (κ2) is 12.3. The van der Waals surface area contributed by atoms with Gasteiger partial charge in [0.2, 0.25) is 0 Å². The van der Waals surface area contributed by atoms with Gasteiger partial charge in [-0.05, 0) is 67.5 Å². The molecule has 0 atom stereocenters. The minimum atomic E-state index is -0.882. The van der Waals surface area contributed by atoms with Crippen LogP contribution in [-0.4, -0.2) is 50.2 Å². The highest BCUT2D eigenvalue weighted by Gasteiger charge is 2.37. The monoisotopic (exact) mass is 561 g/mol. The highest BCUT2D eigenvalue weighted by Crippen LogP contribution is 2.34. The number of carboxylic acids is 1. The summed E-state index contributed by atoms with van der Waals surface area (Å²) in [7, 11) is 1.88. The molecule has 8 nitrogen and oxygen atoms in total. The smallest absolute Gasteiger partial charge is 0.310 e.